The Morgan fingerprint density at radius 1 is 1.08 bits per heavy atom. The molecule has 2 saturated carbocycles. The summed E-state index contributed by atoms with van der Waals surface area (Å²) < 4.78 is 23.8. The van der Waals surface area contributed by atoms with Crippen LogP contribution in [-0.2, 0) is 23.7 Å². The van der Waals surface area contributed by atoms with Gasteiger partial charge in [-0.3, -0.25) is 4.74 Å². The number of hydrogen-bond acceptors (Lipinski definition) is 5. The predicted octanol–water partition coefficient (Wildman–Crippen LogP) is 4.45. The van der Waals surface area contributed by atoms with Gasteiger partial charge in [0, 0.05) is 12.0 Å². The molecule has 2 aliphatic carbocycles. The molecule has 0 heterocycles. The maximum atomic E-state index is 11.7. The Morgan fingerprint density at radius 3 is 1.92 bits per heavy atom. The van der Waals surface area contributed by atoms with E-state index < -0.39 is 18.2 Å². The quantitative estimate of drug-likeness (QED) is 0.352. The zero-order valence-electron chi connectivity index (χ0n) is 15.3. The Bertz CT molecular complexity index is 403. The molecule has 138 valence electrons. The van der Waals surface area contributed by atoms with Crippen molar-refractivity contribution in [3.63, 3.8) is 0 Å². The van der Waals surface area contributed by atoms with Crippen LogP contribution >= 0.6 is 0 Å². The van der Waals surface area contributed by atoms with Crippen LogP contribution < -0.4 is 0 Å². The van der Waals surface area contributed by atoms with Crippen LogP contribution in [0.3, 0.4) is 0 Å². The average molecular weight is 340 g/mol. The highest BCUT2D eigenvalue weighted by atomic mass is 16.9. The Hall–Kier alpha value is -0.910. The predicted molar refractivity (Wildman–Crippen MR) is 91.2 cm³/mol. The fourth-order valence-corrected chi connectivity index (χ4v) is 3.38. The Balaban J connectivity index is 2.03. The fraction of sp³-hybridized carbons (Fsp3) is 0.842. The van der Waals surface area contributed by atoms with E-state index in [0.717, 1.165) is 25.7 Å². The van der Waals surface area contributed by atoms with E-state index in [9.17, 15) is 4.79 Å². The van der Waals surface area contributed by atoms with E-state index in [4.69, 9.17) is 18.9 Å². The lowest BCUT2D eigenvalue weighted by molar-refractivity contribution is -0.432. The first-order valence-corrected chi connectivity index (χ1v) is 9.34. The molecule has 24 heavy (non-hydrogen) atoms. The SMILES string of the molecule is C=C(C)C(=O)OC(C)OC(CC)(OC1CCCC1)OC1CCCC1. The van der Waals surface area contributed by atoms with Gasteiger partial charge in [-0.15, -0.1) is 0 Å². The first-order chi connectivity index (χ1) is 11.4. The van der Waals surface area contributed by atoms with E-state index >= 15 is 0 Å². The molecule has 0 spiro atoms. The lowest BCUT2D eigenvalue weighted by atomic mass is 10.2. The number of carbonyl (C=O) groups is 1. The normalized spacial score (nSPS) is 21.1. The average Bonchev–Trinajstić information content (AvgIpc) is 3.20. The molecule has 0 saturated heterocycles. The molecule has 0 aromatic heterocycles. The van der Waals surface area contributed by atoms with Gasteiger partial charge in [0.2, 0.25) is 6.29 Å². The summed E-state index contributed by atoms with van der Waals surface area (Å²) in [6, 6.07) is 0. The second-order valence-corrected chi connectivity index (χ2v) is 6.96. The molecule has 0 aliphatic heterocycles. The summed E-state index contributed by atoms with van der Waals surface area (Å²) in [7, 11) is 0. The zero-order chi connectivity index (χ0) is 17.6. The smallest absolute Gasteiger partial charge is 0.335 e. The summed E-state index contributed by atoms with van der Waals surface area (Å²) in [5.41, 5.74) is 0.348. The number of ether oxygens (including phenoxy) is 4. The topological polar surface area (TPSA) is 54.0 Å². The van der Waals surface area contributed by atoms with E-state index in [1.165, 1.54) is 25.7 Å². The van der Waals surface area contributed by atoms with Gasteiger partial charge in [0.1, 0.15) is 0 Å². The van der Waals surface area contributed by atoms with Crippen LogP contribution in [0.25, 0.3) is 0 Å². The summed E-state index contributed by atoms with van der Waals surface area (Å²) in [5, 5.41) is 0. The van der Waals surface area contributed by atoms with Crippen molar-refractivity contribution in [1.29, 1.82) is 0 Å². The summed E-state index contributed by atoms with van der Waals surface area (Å²) >= 11 is 0. The van der Waals surface area contributed by atoms with Crippen molar-refractivity contribution in [3.05, 3.63) is 12.2 Å². The van der Waals surface area contributed by atoms with E-state index in [1.54, 1.807) is 13.8 Å². The van der Waals surface area contributed by atoms with Crippen LogP contribution in [0.2, 0.25) is 0 Å². The van der Waals surface area contributed by atoms with Gasteiger partial charge in [0.25, 0.3) is 5.97 Å². The number of hydrogen-bond donors (Lipinski definition) is 0. The van der Waals surface area contributed by atoms with Crippen LogP contribution in [0.5, 0.6) is 0 Å². The first kappa shape index (κ1) is 19.4. The van der Waals surface area contributed by atoms with Gasteiger partial charge in [-0.05, 0) is 39.5 Å². The maximum absolute atomic E-state index is 11.7. The van der Waals surface area contributed by atoms with Crippen LogP contribution in [0.4, 0.5) is 0 Å². The summed E-state index contributed by atoms with van der Waals surface area (Å²) in [6.07, 6.45) is 8.90. The van der Waals surface area contributed by atoms with Crippen LogP contribution in [-0.4, -0.2) is 30.4 Å². The van der Waals surface area contributed by atoms with Crippen molar-refractivity contribution in [1.82, 2.24) is 0 Å². The van der Waals surface area contributed by atoms with E-state index in [1.807, 2.05) is 6.92 Å². The lowest BCUT2D eigenvalue weighted by Gasteiger charge is -2.38. The Morgan fingerprint density at radius 2 is 1.54 bits per heavy atom. The molecule has 5 heteroatoms. The van der Waals surface area contributed by atoms with Crippen LogP contribution in [0, 0.1) is 0 Å². The highest BCUT2D eigenvalue weighted by molar-refractivity contribution is 5.86. The van der Waals surface area contributed by atoms with E-state index in [2.05, 4.69) is 6.58 Å². The first-order valence-electron chi connectivity index (χ1n) is 9.34. The second-order valence-electron chi connectivity index (χ2n) is 6.96. The molecular formula is C19H32O5. The van der Waals surface area contributed by atoms with E-state index in [-0.39, 0.29) is 12.2 Å². The number of esters is 1. The molecule has 2 aliphatic rings. The summed E-state index contributed by atoms with van der Waals surface area (Å²) in [6.45, 7) is 8.89. The molecular weight excluding hydrogens is 308 g/mol. The van der Waals surface area contributed by atoms with Gasteiger partial charge in [0.15, 0.2) is 0 Å². The molecule has 1 unspecified atom stereocenters. The molecule has 0 aromatic carbocycles. The largest absolute Gasteiger partial charge is 0.433 e. The molecule has 2 fully saturated rings. The van der Waals surface area contributed by atoms with Gasteiger partial charge in [-0.2, -0.15) is 0 Å². The molecule has 5 nitrogen and oxygen atoms in total. The molecule has 2 rings (SSSR count). The number of carbonyl (C=O) groups excluding carboxylic acids is 1. The standard InChI is InChI=1S/C19H32O5/c1-5-19(23-16-10-6-7-11-16,24-17-12-8-9-13-17)22-15(4)21-18(20)14(2)3/h15-17H,2,5-13H2,1,3-4H3. The monoisotopic (exact) mass is 340 g/mol. The summed E-state index contributed by atoms with van der Waals surface area (Å²) in [5.74, 6) is -1.60. The van der Waals surface area contributed by atoms with Crippen molar-refractivity contribution < 1.29 is 23.7 Å². The minimum atomic E-state index is -1.14. The fourth-order valence-electron chi connectivity index (χ4n) is 3.38. The molecule has 0 aromatic rings. The van der Waals surface area contributed by atoms with Gasteiger partial charge < -0.3 is 14.2 Å². The number of rotatable bonds is 9. The Labute approximate surface area is 145 Å². The second kappa shape index (κ2) is 8.97. The minimum Gasteiger partial charge on any atom is -0.433 e. The van der Waals surface area contributed by atoms with Crippen molar-refractivity contribution >= 4 is 5.97 Å². The lowest BCUT2D eigenvalue weighted by Crippen LogP contribution is -2.46. The third-order valence-corrected chi connectivity index (χ3v) is 4.70. The summed E-state index contributed by atoms with van der Waals surface area (Å²) in [4.78, 5) is 11.7. The Kier molecular flexibility index (Phi) is 7.26. The van der Waals surface area contributed by atoms with Crippen LogP contribution in [0.15, 0.2) is 12.2 Å². The maximum Gasteiger partial charge on any atom is 0.335 e. The van der Waals surface area contributed by atoms with Gasteiger partial charge in [0.05, 0.1) is 12.2 Å². The third kappa shape index (κ3) is 5.57. The van der Waals surface area contributed by atoms with Gasteiger partial charge in [-0.1, -0.05) is 39.2 Å². The van der Waals surface area contributed by atoms with E-state index in [0.29, 0.717) is 12.0 Å². The van der Waals surface area contributed by atoms with Crippen molar-refractivity contribution in [2.75, 3.05) is 0 Å². The molecule has 0 N–H and O–H groups in total. The highest BCUT2D eigenvalue weighted by Gasteiger charge is 2.41. The molecule has 1 atom stereocenters. The van der Waals surface area contributed by atoms with Crippen molar-refractivity contribution in [2.24, 2.45) is 0 Å². The molecule has 0 amide bonds. The van der Waals surface area contributed by atoms with Crippen LogP contribution in [0.1, 0.15) is 78.6 Å². The van der Waals surface area contributed by atoms with Gasteiger partial charge >= 0.3 is 5.97 Å². The minimum absolute atomic E-state index is 0.149. The van der Waals surface area contributed by atoms with Crippen molar-refractivity contribution in [3.8, 4) is 0 Å². The molecule has 0 radical (unpaired) electrons. The highest BCUT2D eigenvalue weighted by Crippen LogP contribution is 2.35. The zero-order valence-corrected chi connectivity index (χ0v) is 15.3. The third-order valence-electron chi connectivity index (χ3n) is 4.70. The van der Waals surface area contributed by atoms with Gasteiger partial charge in [-0.25, -0.2) is 4.79 Å². The van der Waals surface area contributed by atoms with Crippen molar-refractivity contribution in [2.45, 2.75) is 103 Å². The molecule has 0 bridgehead atoms.